The molecule has 2 aliphatic rings. The zero-order valence-electron chi connectivity index (χ0n) is 9.34. The van der Waals surface area contributed by atoms with Gasteiger partial charge in [-0.1, -0.05) is 11.6 Å². The zero-order valence-corrected chi connectivity index (χ0v) is 10.1. The Balaban J connectivity index is 2.07. The number of likely N-dealkylation sites (tertiary alicyclic amines) is 1. The van der Waals surface area contributed by atoms with Crippen molar-refractivity contribution in [3.05, 3.63) is 28.8 Å². The number of hydrogen-bond donors (Lipinski definition) is 1. The van der Waals surface area contributed by atoms with Gasteiger partial charge in [-0.05, 0) is 18.2 Å². The monoisotopic (exact) mass is 254 g/mol. The Kier molecular flexibility index (Phi) is 2.14. The highest BCUT2D eigenvalue weighted by Gasteiger charge is 2.55. The number of carbonyl (C=O) groups is 1. The molecule has 0 radical (unpaired) electrons. The summed E-state index contributed by atoms with van der Waals surface area (Å²) in [6, 6.07) is 5.12. The van der Waals surface area contributed by atoms with Crippen molar-refractivity contribution in [2.75, 3.05) is 11.9 Å². The number of rotatable bonds is 0. The van der Waals surface area contributed by atoms with Crippen molar-refractivity contribution in [1.82, 2.24) is 4.90 Å². The van der Waals surface area contributed by atoms with E-state index in [1.807, 2.05) is 0 Å². The first kappa shape index (κ1) is 10.8. The lowest BCUT2D eigenvalue weighted by Crippen LogP contribution is -2.43. The average molecular weight is 255 g/mol. The number of nitrogens with zero attached hydrogens (tertiary/aromatic N) is 1. The van der Waals surface area contributed by atoms with E-state index in [-0.39, 0.29) is 5.91 Å². The summed E-state index contributed by atoms with van der Waals surface area (Å²) in [5.41, 5.74) is -0.210. The topological polar surface area (TPSA) is 32.3 Å². The van der Waals surface area contributed by atoms with Crippen LogP contribution in [0.15, 0.2) is 18.2 Å². The van der Waals surface area contributed by atoms with Gasteiger partial charge in [0.25, 0.3) is 0 Å². The van der Waals surface area contributed by atoms with E-state index in [1.54, 1.807) is 18.2 Å². The van der Waals surface area contributed by atoms with Gasteiger partial charge in [-0.15, -0.1) is 0 Å². The Morgan fingerprint density at radius 3 is 3.12 bits per heavy atom. The molecule has 0 aliphatic carbocycles. The second-order valence-electron chi connectivity index (χ2n) is 4.56. The van der Waals surface area contributed by atoms with Crippen LogP contribution in [-0.2, 0) is 10.5 Å². The molecule has 0 aromatic heterocycles. The quantitative estimate of drug-likeness (QED) is 0.772. The van der Waals surface area contributed by atoms with Crippen LogP contribution in [0.1, 0.15) is 18.9 Å². The molecule has 5 heteroatoms. The van der Waals surface area contributed by atoms with Crippen molar-refractivity contribution in [2.24, 2.45) is 0 Å². The van der Waals surface area contributed by atoms with E-state index in [1.165, 1.54) is 11.8 Å². The highest BCUT2D eigenvalue weighted by Crippen LogP contribution is 2.50. The van der Waals surface area contributed by atoms with E-state index in [4.69, 9.17) is 11.6 Å². The molecule has 2 aliphatic heterocycles. The first-order chi connectivity index (χ1) is 8.02. The van der Waals surface area contributed by atoms with Crippen LogP contribution in [0, 0.1) is 0 Å². The molecular formula is C12H12ClFN2O. The molecule has 2 atom stereocenters. The molecule has 0 saturated carbocycles. The molecule has 2 heterocycles. The van der Waals surface area contributed by atoms with Crippen LogP contribution in [-0.4, -0.2) is 23.5 Å². The normalized spacial score (nSPS) is 29.8. The van der Waals surface area contributed by atoms with Crippen molar-refractivity contribution >= 4 is 23.2 Å². The fourth-order valence-electron chi connectivity index (χ4n) is 2.74. The molecule has 1 aromatic carbocycles. The summed E-state index contributed by atoms with van der Waals surface area (Å²) in [7, 11) is 0. The van der Waals surface area contributed by atoms with Crippen LogP contribution in [0.5, 0.6) is 0 Å². The lowest BCUT2D eigenvalue weighted by atomic mass is 9.95. The highest BCUT2D eigenvalue weighted by molar-refractivity contribution is 6.30. The first-order valence-electron chi connectivity index (χ1n) is 5.55. The largest absolute Gasteiger partial charge is 0.362 e. The number of carbonyl (C=O) groups excluding carboxylic acids is 1. The summed E-state index contributed by atoms with van der Waals surface area (Å²) < 4.78 is 15.0. The van der Waals surface area contributed by atoms with Gasteiger partial charge in [-0.2, -0.15) is 0 Å². The number of anilines is 1. The van der Waals surface area contributed by atoms with Gasteiger partial charge in [0.1, 0.15) is 6.17 Å². The Bertz CT molecular complexity index is 507. The number of halogens is 2. The van der Waals surface area contributed by atoms with Gasteiger partial charge in [0, 0.05) is 36.2 Å². The van der Waals surface area contributed by atoms with Gasteiger partial charge >= 0.3 is 0 Å². The molecule has 1 amide bonds. The Morgan fingerprint density at radius 1 is 1.65 bits per heavy atom. The van der Waals surface area contributed by atoms with Gasteiger partial charge in [0.2, 0.25) is 5.91 Å². The van der Waals surface area contributed by atoms with Gasteiger partial charge in [-0.3, -0.25) is 4.79 Å². The van der Waals surface area contributed by atoms with Crippen LogP contribution in [0.4, 0.5) is 10.1 Å². The minimum absolute atomic E-state index is 0.110. The van der Waals surface area contributed by atoms with E-state index in [2.05, 4.69) is 5.32 Å². The number of hydrogen-bond acceptors (Lipinski definition) is 2. The summed E-state index contributed by atoms with van der Waals surface area (Å²) in [6.07, 6.45) is -0.272. The second-order valence-corrected chi connectivity index (χ2v) is 5.00. The molecule has 0 spiro atoms. The summed E-state index contributed by atoms with van der Waals surface area (Å²) in [6.45, 7) is 1.90. The van der Waals surface area contributed by atoms with Crippen molar-refractivity contribution in [3.63, 3.8) is 0 Å². The third-order valence-corrected chi connectivity index (χ3v) is 3.82. The number of nitrogens with one attached hydrogen (secondary N) is 1. The van der Waals surface area contributed by atoms with Crippen LogP contribution in [0.25, 0.3) is 0 Å². The standard InChI is InChI=1S/C12H12ClFN2O/c1-7(17)16-5-4-12(14)9-6-8(13)2-3-10(9)15-11(12)16/h2-3,6,11,15H,4-5H2,1H3. The molecule has 1 fully saturated rings. The molecule has 2 unspecified atom stereocenters. The van der Waals surface area contributed by atoms with Gasteiger partial charge in [0.15, 0.2) is 5.67 Å². The SMILES string of the molecule is CC(=O)N1CCC2(F)c3cc(Cl)ccc3NC12. The number of alkyl halides is 1. The van der Waals surface area contributed by atoms with Crippen molar-refractivity contribution in [3.8, 4) is 0 Å². The third-order valence-electron chi connectivity index (χ3n) is 3.59. The molecule has 1 aromatic rings. The third kappa shape index (κ3) is 1.37. The summed E-state index contributed by atoms with van der Waals surface area (Å²) in [5, 5.41) is 3.59. The summed E-state index contributed by atoms with van der Waals surface area (Å²) in [4.78, 5) is 13.0. The fraction of sp³-hybridized carbons (Fsp3) is 0.417. The highest BCUT2D eigenvalue weighted by atomic mass is 35.5. The van der Waals surface area contributed by atoms with E-state index in [0.29, 0.717) is 23.6 Å². The molecule has 90 valence electrons. The molecule has 17 heavy (non-hydrogen) atoms. The van der Waals surface area contributed by atoms with Crippen LogP contribution >= 0.6 is 11.6 Å². The number of amides is 1. The molecule has 0 bridgehead atoms. The Hall–Kier alpha value is -1.29. The molecule has 1 saturated heterocycles. The van der Waals surface area contributed by atoms with Crippen molar-refractivity contribution < 1.29 is 9.18 Å². The molecular weight excluding hydrogens is 243 g/mol. The summed E-state index contributed by atoms with van der Waals surface area (Å²) in [5.74, 6) is -0.110. The fourth-order valence-corrected chi connectivity index (χ4v) is 2.92. The van der Waals surface area contributed by atoms with Crippen LogP contribution in [0.2, 0.25) is 5.02 Å². The van der Waals surface area contributed by atoms with Crippen LogP contribution in [0.3, 0.4) is 0 Å². The van der Waals surface area contributed by atoms with E-state index >= 15 is 0 Å². The molecule has 3 nitrogen and oxygen atoms in total. The maximum Gasteiger partial charge on any atom is 0.221 e. The summed E-state index contributed by atoms with van der Waals surface area (Å²) >= 11 is 5.90. The second kappa shape index (κ2) is 3.35. The van der Waals surface area contributed by atoms with Gasteiger partial charge in [-0.25, -0.2) is 4.39 Å². The van der Waals surface area contributed by atoms with Crippen molar-refractivity contribution in [2.45, 2.75) is 25.2 Å². The van der Waals surface area contributed by atoms with Crippen molar-refractivity contribution in [1.29, 1.82) is 0 Å². The lowest BCUT2D eigenvalue weighted by molar-refractivity contribution is -0.130. The minimum Gasteiger partial charge on any atom is -0.362 e. The average Bonchev–Trinajstić information content (AvgIpc) is 2.72. The van der Waals surface area contributed by atoms with E-state index < -0.39 is 11.8 Å². The first-order valence-corrected chi connectivity index (χ1v) is 5.93. The van der Waals surface area contributed by atoms with Crippen LogP contribution < -0.4 is 5.32 Å². The van der Waals surface area contributed by atoms with E-state index in [9.17, 15) is 9.18 Å². The Labute approximate surface area is 104 Å². The maximum atomic E-state index is 15.0. The smallest absolute Gasteiger partial charge is 0.221 e. The predicted octanol–water partition coefficient (Wildman–Crippen LogP) is 2.51. The maximum absolute atomic E-state index is 15.0. The number of fused-ring (bicyclic) bond motifs is 3. The van der Waals surface area contributed by atoms with Gasteiger partial charge < -0.3 is 10.2 Å². The number of benzene rings is 1. The zero-order chi connectivity index (χ0) is 12.2. The predicted molar refractivity (Wildman–Crippen MR) is 63.7 cm³/mol. The Morgan fingerprint density at radius 2 is 2.41 bits per heavy atom. The minimum atomic E-state index is -1.51. The van der Waals surface area contributed by atoms with E-state index in [0.717, 1.165) is 5.69 Å². The molecule has 1 N–H and O–H groups in total. The molecule has 3 rings (SSSR count). The van der Waals surface area contributed by atoms with Gasteiger partial charge in [0.05, 0.1) is 0 Å². The lowest BCUT2D eigenvalue weighted by Gasteiger charge is -2.25.